The summed E-state index contributed by atoms with van der Waals surface area (Å²) in [7, 11) is 0. The number of nitrogens with zero attached hydrogens (tertiary/aromatic N) is 3. The Balaban J connectivity index is 1.87. The highest BCUT2D eigenvalue weighted by atomic mass is 19.1. The number of nitro groups is 1. The molecule has 6 nitrogen and oxygen atoms in total. The molecule has 0 aliphatic rings. The Labute approximate surface area is 108 Å². The molecule has 0 unspecified atom stereocenters. The zero-order valence-electron chi connectivity index (χ0n) is 9.91. The van der Waals surface area contributed by atoms with Crippen LogP contribution in [-0.4, -0.2) is 21.4 Å². The second-order valence-electron chi connectivity index (χ2n) is 3.83. The Morgan fingerprint density at radius 1 is 1.26 bits per heavy atom. The van der Waals surface area contributed by atoms with E-state index in [0.29, 0.717) is 18.8 Å². The minimum absolute atomic E-state index is 0.0644. The van der Waals surface area contributed by atoms with Gasteiger partial charge in [0.2, 0.25) is 5.95 Å². The highest BCUT2D eigenvalue weighted by Gasteiger charge is 2.03. The maximum absolute atomic E-state index is 12.8. The van der Waals surface area contributed by atoms with Crippen LogP contribution in [0.5, 0.6) is 0 Å². The lowest BCUT2D eigenvalue weighted by Gasteiger charge is -2.05. The van der Waals surface area contributed by atoms with Gasteiger partial charge in [-0.05, 0) is 12.0 Å². The van der Waals surface area contributed by atoms with E-state index < -0.39 is 10.9 Å². The van der Waals surface area contributed by atoms with E-state index in [1.165, 1.54) is 18.2 Å². The summed E-state index contributed by atoms with van der Waals surface area (Å²) in [6.45, 7) is 0.550. The van der Waals surface area contributed by atoms with Gasteiger partial charge in [0.25, 0.3) is 5.69 Å². The van der Waals surface area contributed by atoms with Gasteiger partial charge in [-0.2, -0.15) is 4.39 Å². The molecule has 0 atom stereocenters. The van der Waals surface area contributed by atoms with Gasteiger partial charge in [0.05, 0.1) is 4.92 Å². The molecule has 0 bridgehead atoms. The monoisotopic (exact) mass is 262 g/mol. The first-order valence-electron chi connectivity index (χ1n) is 5.60. The van der Waals surface area contributed by atoms with Gasteiger partial charge in [0, 0.05) is 24.7 Å². The summed E-state index contributed by atoms with van der Waals surface area (Å²) in [4.78, 5) is 17.3. The van der Waals surface area contributed by atoms with Crippen molar-refractivity contribution in [1.82, 2.24) is 9.97 Å². The number of benzene rings is 1. The topological polar surface area (TPSA) is 81.0 Å². The third-order valence-corrected chi connectivity index (χ3v) is 2.50. The summed E-state index contributed by atoms with van der Waals surface area (Å²) in [6.07, 6.45) is 1.80. The van der Waals surface area contributed by atoms with Crippen LogP contribution in [-0.2, 0) is 6.42 Å². The summed E-state index contributed by atoms with van der Waals surface area (Å²) in [5.41, 5.74) is 1.02. The lowest BCUT2D eigenvalue weighted by atomic mass is 10.1. The number of rotatable bonds is 5. The number of hydrogen-bond acceptors (Lipinski definition) is 5. The first kappa shape index (κ1) is 12.9. The predicted molar refractivity (Wildman–Crippen MR) is 67.3 cm³/mol. The summed E-state index contributed by atoms with van der Waals surface area (Å²) in [5, 5.41) is 13.4. The number of nitro benzene ring substituents is 1. The van der Waals surface area contributed by atoms with Crippen molar-refractivity contribution in [3.05, 3.63) is 58.3 Å². The zero-order chi connectivity index (χ0) is 13.7. The zero-order valence-corrected chi connectivity index (χ0v) is 9.91. The Hall–Kier alpha value is -2.57. The molecule has 0 aliphatic carbocycles. The van der Waals surface area contributed by atoms with Crippen LogP contribution in [0.3, 0.4) is 0 Å². The largest absolute Gasteiger partial charge is 0.370 e. The first-order valence-corrected chi connectivity index (χ1v) is 5.60. The Morgan fingerprint density at radius 2 is 2.00 bits per heavy atom. The van der Waals surface area contributed by atoms with Gasteiger partial charge in [-0.3, -0.25) is 10.1 Å². The summed E-state index contributed by atoms with van der Waals surface area (Å²) in [5.74, 6) is -0.178. The highest BCUT2D eigenvalue weighted by Crippen LogP contribution is 2.12. The smallest absolute Gasteiger partial charge is 0.269 e. The van der Waals surface area contributed by atoms with Crippen molar-refractivity contribution >= 4 is 11.5 Å². The van der Waals surface area contributed by atoms with Gasteiger partial charge >= 0.3 is 0 Å². The van der Waals surface area contributed by atoms with Crippen LogP contribution < -0.4 is 5.32 Å². The van der Waals surface area contributed by atoms with Gasteiger partial charge in [0.1, 0.15) is 12.1 Å². The van der Waals surface area contributed by atoms with Crippen molar-refractivity contribution in [2.75, 3.05) is 11.9 Å². The molecule has 0 fully saturated rings. The minimum Gasteiger partial charge on any atom is -0.370 e. The number of halogens is 1. The Bertz CT molecular complexity index is 574. The standard InChI is InChI=1S/C12H11FN4O2/c13-11-7-12(16-8-15-11)14-6-5-9-1-3-10(4-2-9)17(18)19/h1-4,7-8H,5-6H2,(H,14,15,16). The van der Waals surface area contributed by atoms with E-state index >= 15 is 0 Å². The van der Waals surface area contributed by atoms with Crippen molar-refractivity contribution in [3.8, 4) is 0 Å². The summed E-state index contributed by atoms with van der Waals surface area (Å²) >= 11 is 0. The molecule has 1 N–H and O–H groups in total. The third kappa shape index (κ3) is 3.70. The van der Waals surface area contributed by atoms with Crippen molar-refractivity contribution in [2.24, 2.45) is 0 Å². The van der Waals surface area contributed by atoms with Crippen molar-refractivity contribution < 1.29 is 9.31 Å². The fourth-order valence-corrected chi connectivity index (χ4v) is 1.55. The molecule has 0 amide bonds. The summed E-state index contributed by atoms with van der Waals surface area (Å²) in [6, 6.07) is 7.51. The predicted octanol–water partition coefficient (Wildman–Crippen LogP) is 2.18. The van der Waals surface area contributed by atoms with E-state index in [0.717, 1.165) is 11.9 Å². The van der Waals surface area contributed by atoms with Gasteiger partial charge in [-0.15, -0.1) is 0 Å². The molecule has 0 saturated heterocycles. The molecule has 98 valence electrons. The van der Waals surface area contributed by atoms with Crippen molar-refractivity contribution in [3.63, 3.8) is 0 Å². The van der Waals surface area contributed by atoms with Crippen molar-refractivity contribution in [2.45, 2.75) is 6.42 Å². The number of non-ortho nitro benzene ring substituents is 1. The Kier molecular flexibility index (Phi) is 3.97. The van der Waals surface area contributed by atoms with Crippen LogP contribution in [0.15, 0.2) is 36.7 Å². The average molecular weight is 262 g/mol. The van der Waals surface area contributed by atoms with E-state index in [-0.39, 0.29) is 5.69 Å². The molecule has 2 rings (SSSR count). The lowest BCUT2D eigenvalue weighted by Crippen LogP contribution is -2.06. The van der Waals surface area contributed by atoms with Crippen LogP contribution in [0.25, 0.3) is 0 Å². The number of hydrogen-bond donors (Lipinski definition) is 1. The number of aromatic nitrogens is 2. The molecule has 2 aromatic rings. The SMILES string of the molecule is O=[N+]([O-])c1ccc(CCNc2cc(F)ncn2)cc1. The fourth-order valence-electron chi connectivity index (χ4n) is 1.55. The molecule has 19 heavy (non-hydrogen) atoms. The van der Waals surface area contributed by atoms with Crippen LogP contribution in [0.1, 0.15) is 5.56 Å². The quantitative estimate of drug-likeness (QED) is 0.507. The van der Waals surface area contributed by atoms with Crippen LogP contribution >= 0.6 is 0 Å². The highest BCUT2D eigenvalue weighted by molar-refractivity contribution is 5.35. The molecule has 0 spiro atoms. The van der Waals surface area contributed by atoms with E-state index in [4.69, 9.17) is 0 Å². The lowest BCUT2D eigenvalue weighted by molar-refractivity contribution is -0.384. The molecule has 1 aromatic carbocycles. The second kappa shape index (κ2) is 5.85. The maximum Gasteiger partial charge on any atom is 0.269 e. The molecule has 1 aromatic heterocycles. The Morgan fingerprint density at radius 3 is 2.63 bits per heavy atom. The normalized spacial score (nSPS) is 10.2. The van der Waals surface area contributed by atoms with Crippen LogP contribution in [0.2, 0.25) is 0 Å². The first-order chi connectivity index (χ1) is 9.15. The summed E-state index contributed by atoms with van der Waals surface area (Å²) < 4.78 is 12.8. The third-order valence-electron chi connectivity index (χ3n) is 2.50. The molecule has 0 aliphatic heterocycles. The van der Waals surface area contributed by atoms with E-state index in [9.17, 15) is 14.5 Å². The van der Waals surface area contributed by atoms with E-state index in [1.807, 2.05) is 0 Å². The molecular formula is C12H11FN4O2. The van der Waals surface area contributed by atoms with Gasteiger partial charge in [-0.25, -0.2) is 9.97 Å². The van der Waals surface area contributed by atoms with E-state index in [1.54, 1.807) is 12.1 Å². The molecule has 0 saturated carbocycles. The molecule has 0 radical (unpaired) electrons. The molecule has 7 heteroatoms. The number of anilines is 1. The fraction of sp³-hybridized carbons (Fsp3) is 0.167. The van der Waals surface area contributed by atoms with Crippen LogP contribution in [0, 0.1) is 16.1 Å². The second-order valence-corrected chi connectivity index (χ2v) is 3.83. The van der Waals surface area contributed by atoms with Crippen LogP contribution in [0.4, 0.5) is 15.9 Å². The minimum atomic E-state index is -0.590. The van der Waals surface area contributed by atoms with Crippen molar-refractivity contribution in [1.29, 1.82) is 0 Å². The average Bonchev–Trinajstić information content (AvgIpc) is 2.39. The van der Waals surface area contributed by atoms with Gasteiger partial charge in [-0.1, -0.05) is 12.1 Å². The number of nitrogens with one attached hydrogen (secondary N) is 1. The maximum atomic E-state index is 12.8. The van der Waals surface area contributed by atoms with E-state index in [2.05, 4.69) is 15.3 Å². The molecule has 1 heterocycles. The molecular weight excluding hydrogens is 251 g/mol. The van der Waals surface area contributed by atoms with Gasteiger partial charge in [0.15, 0.2) is 0 Å². The van der Waals surface area contributed by atoms with Gasteiger partial charge < -0.3 is 5.32 Å².